The van der Waals surface area contributed by atoms with Gasteiger partial charge in [-0.05, 0) is 51.8 Å². The van der Waals surface area contributed by atoms with Crippen molar-refractivity contribution >= 4 is 9.84 Å². The van der Waals surface area contributed by atoms with Gasteiger partial charge in [-0.3, -0.25) is 0 Å². The Morgan fingerprint density at radius 3 is 1.58 bits per heavy atom. The highest BCUT2D eigenvalue weighted by molar-refractivity contribution is 7.90. The van der Waals surface area contributed by atoms with Gasteiger partial charge in [0.2, 0.25) is 0 Å². The molecule has 1 heterocycles. The lowest BCUT2D eigenvalue weighted by atomic mass is 9.86. The SMILES string of the molecule is CC(C)(C)c1ccc(-c2c(C(F)F)nn(-c3ccc(C(C)(C)C)cc3)c2-c2ccc(S(C)(=O)=O)cc2)cc1. The van der Waals surface area contributed by atoms with Crippen LogP contribution in [0.2, 0.25) is 0 Å². The van der Waals surface area contributed by atoms with Gasteiger partial charge in [-0.25, -0.2) is 21.9 Å². The van der Waals surface area contributed by atoms with Crippen LogP contribution in [0.5, 0.6) is 0 Å². The molecule has 200 valence electrons. The van der Waals surface area contributed by atoms with E-state index < -0.39 is 16.3 Å². The maximum atomic E-state index is 14.5. The molecule has 0 spiro atoms. The number of aromatic nitrogens is 2. The Hall–Kier alpha value is -3.32. The molecule has 3 aromatic carbocycles. The number of hydrogen-bond acceptors (Lipinski definition) is 3. The summed E-state index contributed by atoms with van der Waals surface area (Å²) in [4.78, 5) is 0.159. The summed E-state index contributed by atoms with van der Waals surface area (Å²) in [5.74, 6) is 0. The average molecular weight is 537 g/mol. The number of benzene rings is 3. The van der Waals surface area contributed by atoms with E-state index >= 15 is 0 Å². The van der Waals surface area contributed by atoms with Crippen LogP contribution < -0.4 is 0 Å². The van der Waals surface area contributed by atoms with Crippen LogP contribution in [0.15, 0.2) is 77.7 Å². The molecular weight excluding hydrogens is 502 g/mol. The molecule has 0 saturated carbocycles. The summed E-state index contributed by atoms with van der Waals surface area (Å²) >= 11 is 0. The Kier molecular flexibility index (Phi) is 7.12. The van der Waals surface area contributed by atoms with Crippen LogP contribution >= 0.6 is 0 Å². The highest BCUT2D eigenvalue weighted by atomic mass is 32.2. The maximum Gasteiger partial charge on any atom is 0.282 e. The van der Waals surface area contributed by atoms with Gasteiger partial charge in [-0.1, -0.05) is 90.1 Å². The first kappa shape index (κ1) is 27.7. The lowest BCUT2D eigenvalue weighted by molar-refractivity contribution is 0.146. The Bertz CT molecular complexity index is 1540. The van der Waals surface area contributed by atoms with E-state index in [4.69, 9.17) is 0 Å². The van der Waals surface area contributed by atoms with Crippen molar-refractivity contribution in [3.05, 3.63) is 89.6 Å². The summed E-state index contributed by atoms with van der Waals surface area (Å²) in [6.45, 7) is 12.6. The molecule has 0 amide bonds. The molecule has 0 aliphatic heterocycles. The lowest BCUT2D eigenvalue weighted by Gasteiger charge is -2.20. The van der Waals surface area contributed by atoms with Gasteiger partial charge in [0, 0.05) is 17.4 Å². The molecular formula is C31H34F2N2O2S. The summed E-state index contributed by atoms with van der Waals surface area (Å²) in [6, 6.07) is 21.6. The lowest BCUT2D eigenvalue weighted by Crippen LogP contribution is -2.11. The first-order valence-corrected chi connectivity index (χ1v) is 14.4. The molecule has 0 radical (unpaired) electrons. The molecule has 4 rings (SSSR count). The summed E-state index contributed by atoms with van der Waals surface area (Å²) in [5, 5.41) is 4.42. The smallest absolute Gasteiger partial charge is 0.232 e. The van der Waals surface area contributed by atoms with E-state index in [0.717, 1.165) is 17.4 Å². The third-order valence-electron chi connectivity index (χ3n) is 6.69. The molecule has 0 N–H and O–H groups in total. The molecule has 7 heteroatoms. The number of sulfone groups is 1. The largest absolute Gasteiger partial charge is 0.282 e. The Morgan fingerprint density at radius 1 is 0.711 bits per heavy atom. The van der Waals surface area contributed by atoms with E-state index in [1.165, 1.54) is 16.8 Å². The molecule has 0 aliphatic carbocycles. The number of rotatable bonds is 5. The van der Waals surface area contributed by atoms with Crippen molar-refractivity contribution in [2.75, 3.05) is 6.26 Å². The van der Waals surface area contributed by atoms with Crippen LogP contribution in [-0.2, 0) is 20.7 Å². The quantitative estimate of drug-likeness (QED) is 0.259. The van der Waals surface area contributed by atoms with Crippen LogP contribution in [0.25, 0.3) is 28.1 Å². The molecule has 0 fully saturated rings. The summed E-state index contributed by atoms with van der Waals surface area (Å²) in [7, 11) is -3.41. The fourth-order valence-electron chi connectivity index (χ4n) is 4.43. The number of alkyl halides is 2. The summed E-state index contributed by atoms with van der Waals surface area (Å²) < 4.78 is 54.6. The van der Waals surface area contributed by atoms with E-state index in [1.54, 1.807) is 12.1 Å². The van der Waals surface area contributed by atoms with E-state index in [2.05, 4.69) is 46.6 Å². The van der Waals surface area contributed by atoms with Crippen LogP contribution in [0.3, 0.4) is 0 Å². The monoisotopic (exact) mass is 536 g/mol. The first-order chi connectivity index (χ1) is 17.6. The predicted octanol–water partition coefficient (Wildman–Crippen LogP) is 8.14. The standard InChI is InChI=1S/C31H34F2N2O2S/c1-30(2,3)22-12-8-20(9-13-22)26-27(29(32)33)34-35(24-16-14-23(15-17-24)31(4,5)6)28(26)21-10-18-25(19-11-21)38(7,36)37/h8-19,29H,1-7H3. The van der Waals surface area contributed by atoms with Crippen molar-refractivity contribution in [3.8, 4) is 28.1 Å². The third kappa shape index (κ3) is 5.58. The molecule has 0 saturated heterocycles. The fraction of sp³-hybridized carbons (Fsp3) is 0.323. The molecule has 4 nitrogen and oxygen atoms in total. The highest BCUT2D eigenvalue weighted by Crippen LogP contribution is 2.41. The average Bonchev–Trinajstić information content (AvgIpc) is 3.24. The van der Waals surface area contributed by atoms with Crippen molar-refractivity contribution in [2.45, 2.75) is 63.7 Å². The van der Waals surface area contributed by atoms with Crippen LogP contribution in [-0.4, -0.2) is 24.5 Å². The second kappa shape index (κ2) is 9.77. The van der Waals surface area contributed by atoms with Gasteiger partial charge in [0.15, 0.2) is 9.84 Å². The molecule has 0 bridgehead atoms. The molecule has 0 unspecified atom stereocenters. The number of hydrogen-bond donors (Lipinski definition) is 0. The number of nitrogens with zero attached hydrogens (tertiary/aromatic N) is 2. The van der Waals surface area contributed by atoms with Crippen LogP contribution in [0.1, 0.15) is 64.8 Å². The minimum absolute atomic E-state index is 0.0684. The molecule has 1 aromatic heterocycles. The Morgan fingerprint density at radius 2 is 1.16 bits per heavy atom. The second-order valence-corrected chi connectivity index (χ2v) is 13.8. The van der Waals surface area contributed by atoms with Gasteiger partial charge in [-0.2, -0.15) is 5.10 Å². The zero-order chi connectivity index (χ0) is 28.0. The number of halogens is 2. The van der Waals surface area contributed by atoms with Gasteiger partial charge in [-0.15, -0.1) is 0 Å². The highest BCUT2D eigenvalue weighted by Gasteiger charge is 2.28. The molecule has 38 heavy (non-hydrogen) atoms. The zero-order valence-electron chi connectivity index (χ0n) is 22.9. The fourth-order valence-corrected chi connectivity index (χ4v) is 5.06. The minimum atomic E-state index is -3.41. The zero-order valence-corrected chi connectivity index (χ0v) is 23.7. The Labute approximate surface area is 224 Å². The Balaban J connectivity index is 2.00. The second-order valence-electron chi connectivity index (χ2n) is 11.7. The van der Waals surface area contributed by atoms with Crippen LogP contribution in [0, 0.1) is 0 Å². The van der Waals surface area contributed by atoms with Gasteiger partial charge in [0.05, 0.1) is 16.3 Å². The van der Waals surface area contributed by atoms with Gasteiger partial charge < -0.3 is 0 Å². The van der Waals surface area contributed by atoms with Crippen molar-refractivity contribution in [1.29, 1.82) is 0 Å². The summed E-state index contributed by atoms with van der Waals surface area (Å²) in [6.07, 6.45) is -1.67. The normalized spacial score (nSPS) is 12.8. The molecule has 4 aromatic rings. The van der Waals surface area contributed by atoms with E-state index in [0.29, 0.717) is 28.1 Å². The minimum Gasteiger partial charge on any atom is -0.232 e. The van der Waals surface area contributed by atoms with Crippen LogP contribution in [0.4, 0.5) is 8.78 Å². The van der Waals surface area contributed by atoms with Gasteiger partial charge >= 0.3 is 0 Å². The van der Waals surface area contributed by atoms with Crippen molar-refractivity contribution < 1.29 is 17.2 Å². The summed E-state index contributed by atoms with van der Waals surface area (Å²) in [5.41, 5.74) is 4.37. The first-order valence-electron chi connectivity index (χ1n) is 12.5. The van der Waals surface area contributed by atoms with Crippen molar-refractivity contribution in [1.82, 2.24) is 9.78 Å². The van der Waals surface area contributed by atoms with E-state index in [1.807, 2.05) is 48.5 Å². The van der Waals surface area contributed by atoms with Gasteiger partial charge in [0.1, 0.15) is 5.69 Å². The third-order valence-corrected chi connectivity index (χ3v) is 7.82. The van der Waals surface area contributed by atoms with Crippen molar-refractivity contribution in [3.63, 3.8) is 0 Å². The maximum absolute atomic E-state index is 14.5. The molecule has 0 atom stereocenters. The predicted molar refractivity (Wildman–Crippen MR) is 150 cm³/mol. The van der Waals surface area contributed by atoms with E-state index in [-0.39, 0.29) is 21.4 Å². The van der Waals surface area contributed by atoms with E-state index in [9.17, 15) is 17.2 Å². The van der Waals surface area contributed by atoms with Crippen molar-refractivity contribution in [2.24, 2.45) is 0 Å². The van der Waals surface area contributed by atoms with Gasteiger partial charge in [0.25, 0.3) is 6.43 Å². The molecule has 0 aliphatic rings. The topological polar surface area (TPSA) is 52.0 Å².